The quantitative estimate of drug-likeness (QED) is 0.568. The average molecular weight is 434 g/mol. The fourth-order valence-electron chi connectivity index (χ4n) is 3.59. The lowest BCUT2D eigenvalue weighted by Crippen LogP contribution is -2.44. The van der Waals surface area contributed by atoms with Gasteiger partial charge in [0.2, 0.25) is 0 Å². The van der Waals surface area contributed by atoms with Gasteiger partial charge in [-0.25, -0.2) is 4.79 Å². The maximum absolute atomic E-state index is 12.6. The predicted molar refractivity (Wildman–Crippen MR) is 120 cm³/mol. The summed E-state index contributed by atoms with van der Waals surface area (Å²) >= 11 is 0. The van der Waals surface area contributed by atoms with Gasteiger partial charge in [0.1, 0.15) is 12.7 Å². The minimum Gasteiger partial charge on any atom is -0.459 e. The zero-order valence-corrected chi connectivity index (χ0v) is 18.0. The number of esters is 1. The van der Waals surface area contributed by atoms with Gasteiger partial charge in [0.15, 0.2) is 5.76 Å². The van der Waals surface area contributed by atoms with Crippen LogP contribution in [0, 0.1) is 6.92 Å². The topological polar surface area (TPSA) is 81.0 Å². The minimum absolute atomic E-state index is 0.173. The van der Waals surface area contributed by atoms with E-state index in [9.17, 15) is 9.59 Å². The molecule has 0 bridgehead atoms. The lowest BCUT2D eigenvalue weighted by Gasteiger charge is -2.32. The summed E-state index contributed by atoms with van der Waals surface area (Å²) in [5.41, 5.74) is 2.97. The van der Waals surface area contributed by atoms with Crippen molar-refractivity contribution >= 4 is 17.6 Å². The molecule has 7 heteroatoms. The number of morpholine rings is 1. The van der Waals surface area contributed by atoms with Gasteiger partial charge in [-0.3, -0.25) is 9.69 Å². The van der Waals surface area contributed by atoms with E-state index in [-0.39, 0.29) is 24.4 Å². The Balaban J connectivity index is 1.32. The number of furan rings is 1. The molecule has 3 aromatic rings. The number of carbonyl (C=O) groups is 2. The molecule has 1 atom stereocenters. The Morgan fingerprint density at radius 1 is 1.12 bits per heavy atom. The zero-order chi connectivity index (χ0) is 22.3. The average Bonchev–Trinajstić information content (AvgIpc) is 3.35. The van der Waals surface area contributed by atoms with Crippen LogP contribution in [0.25, 0.3) is 0 Å². The van der Waals surface area contributed by atoms with Crippen molar-refractivity contribution in [3.63, 3.8) is 0 Å². The molecule has 0 spiro atoms. The first-order chi connectivity index (χ1) is 15.6. The van der Waals surface area contributed by atoms with E-state index in [1.54, 1.807) is 30.3 Å². The van der Waals surface area contributed by atoms with Crippen LogP contribution in [-0.4, -0.2) is 49.2 Å². The van der Waals surface area contributed by atoms with E-state index in [4.69, 9.17) is 13.9 Å². The van der Waals surface area contributed by atoms with Crippen molar-refractivity contribution in [2.75, 3.05) is 31.6 Å². The number of benzene rings is 2. The molecule has 1 fully saturated rings. The van der Waals surface area contributed by atoms with Gasteiger partial charge in [-0.2, -0.15) is 0 Å². The van der Waals surface area contributed by atoms with Crippen molar-refractivity contribution in [2.24, 2.45) is 0 Å². The van der Waals surface area contributed by atoms with E-state index in [1.807, 2.05) is 25.1 Å². The number of rotatable bonds is 7. The third-order valence-electron chi connectivity index (χ3n) is 5.34. The maximum atomic E-state index is 12.6. The lowest BCUT2D eigenvalue weighted by molar-refractivity contribution is -0.0612. The molecule has 1 aromatic heterocycles. The smallest absolute Gasteiger partial charge is 0.338 e. The van der Waals surface area contributed by atoms with Crippen LogP contribution < -0.4 is 5.32 Å². The Labute approximate surface area is 186 Å². The number of amides is 1. The maximum Gasteiger partial charge on any atom is 0.338 e. The van der Waals surface area contributed by atoms with E-state index < -0.39 is 5.97 Å². The molecule has 0 radical (unpaired) electrons. The minimum atomic E-state index is -0.456. The summed E-state index contributed by atoms with van der Waals surface area (Å²) in [5, 5.41) is 2.77. The van der Waals surface area contributed by atoms with Crippen molar-refractivity contribution in [3.05, 3.63) is 89.4 Å². The van der Waals surface area contributed by atoms with Crippen LogP contribution in [0.3, 0.4) is 0 Å². The first-order valence-corrected chi connectivity index (χ1v) is 10.6. The molecule has 2 heterocycles. The van der Waals surface area contributed by atoms with Crippen molar-refractivity contribution in [2.45, 2.75) is 19.6 Å². The molecule has 1 unspecified atom stereocenters. The number of nitrogens with one attached hydrogen (secondary N) is 1. The number of carbonyl (C=O) groups excluding carboxylic acids is 2. The van der Waals surface area contributed by atoms with Crippen LogP contribution in [-0.2, 0) is 16.0 Å². The fourth-order valence-corrected chi connectivity index (χ4v) is 3.59. The molecule has 0 saturated carbocycles. The third-order valence-corrected chi connectivity index (χ3v) is 5.34. The number of nitrogens with zero attached hydrogens (tertiary/aromatic N) is 1. The van der Waals surface area contributed by atoms with Crippen LogP contribution >= 0.6 is 0 Å². The Kier molecular flexibility index (Phi) is 6.99. The van der Waals surface area contributed by atoms with Gasteiger partial charge in [-0.1, -0.05) is 36.4 Å². The van der Waals surface area contributed by atoms with Crippen LogP contribution in [0.1, 0.15) is 32.0 Å². The molecule has 32 heavy (non-hydrogen) atoms. The lowest BCUT2D eigenvalue weighted by atomic mass is 10.1. The normalized spacial score (nSPS) is 16.5. The molecule has 2 aromatic carbocycles. The summed E-state index contributed by atoms with van der Waals surface area (Å²) in [4.78, 5) is 27.2. The van der Waals surface area contributed by atoms with Crippen molar-refractivity contribution in [1.29, 1.82) is 0 Å². The Morgan fingerprint density at radius 3 is 2.75 bits per heavy atom. The molecular formula is C25H26N2O5. The van der Waals surface area contributed by atoms with Crippen LogP contribution in [0.4, 0.5) is 5.69 Å². The molecule has 1 aliphatic rings. The third kappa shape index (κ3) is 5.63. The molecule has 0 aliphatic carbocycles. The van der Waals surface area contributed by atoms with E-state index in [0.717, 1.165) is 18.7 Å². The first kappa shape index (κ1) is 21.8. The van der Waals surface area contributed by atoms with Gasteiger partial charge in [-0.15, -0.1) is 0 Å². The second kappa shape index (κ2) is 10.3. The van der Waals surface area contributed by atoms with Gasteiger partial charge in [0.25, 0.3) is 5.91 Å². The van der Waals surface area contributed by atoms with Gasteiger partial charge in [0, 0.05) is 25.3 Å². The van der Waals surface area contributed by atoms with Crippen molar-refractivity contribution < 1.29 is 23.5 Å². The standard InChI is InChI=1S/C25H26N2O5/c1-18-9-10-20(14-22(18)26-24(28)23-8-5-12-31-23)25(29)32-17-21-16-27(11-13-30-21)15-19-6-3-2-4-7-19/h2-10,12,14,21H,11,13,15-17H2,1H3,(H,26,28). The zero-order valence-electron chi connectivity index (χ0n) is 18.0. The largest absolute Gasteiger partial charge is 0.459 e. The SMILES string of the molecule is Cc1ccc(C(=O)OCC2CN(Cc3ccccc3)CCO2)cc1NC(=O)c1ccco1. The monoisotopic (exact) mass is 434 g/mol. The van der Waals surface area contributed by atoms with Crippen molar-refractivity contribution in [3.8, 4) is 0 Å². The highest BCUT2D eigenvalue weighted by atomic mass is 16.6. The summed E-state index contributed by atoms with van der Waals surface area (Å²) < 4.78 is 16.4. The van der Waals surface area contributed by atoms with Gasteiger partial charge >= 0.3 is 5.97 Å². The van der Waals surface area contributed by atoms with Gasteiger partial charge < -0.3 is 19.2 Å². The fraction of sp³-hybridized carbons (Fsp3) is 0.280. The Bertz CT molecular complexity index is 1050. The molecule has 1 amide bonds. The predicted octanol–water partition coefficient (Wildman–Crippen LogP) is 3.90. The number of hydrogen-bond donors (Lipinski definition) is 1. The highest BCUT2D eigenvalue weighted by Gasteiger charge is 2.22. The summed E-state index contributed by atoms with van der Waals surface area (Å²) in [6.07, 6.45) is 1.25. The molecule has 7 nitrogen and oxygen atoms in total. The molecule has 166 valence electrons. The Hall–Kier alpha value is -3.42. The number of anilines is 1. The molecule has 1 N–H and O–H groups in total. The van der Waals surface area contributed by atoms with E-state index in [2.05, 4.69) is 22.3 Å². The summed E-state index contributed by atoms with van der Waals surface area (Å²) in [5.74, 6) is -0.633. The van der Waals surface area contributed by atoms with Gasteiger partial charge in [-0.05, 0) is 42.3 Å². The summed E-state index contributed by atoms with van der Waals surface area (Å²) in [7, 11) is 0. The second-order valence-corrected chi connectivity index (χ2v) is 7.77. The first-order valence-electron chi connectivity index (χ1n) is 10.6. The number of ether oxygens (including phenoxy) is 2. The van der Waals surface area contributed by atoms with E-state index >= 15 is 0 Å². The van der Waals surface area contributed by atoms with E-state index in [1.165, 1.54) is 11.8 Å². The Morgan fingerprint density at radius 2 is 1.97 bits per heavy atom. The van der Waals surface area contributed by atoms with Crippen LogP contribution in [0.5, 0.6) is 0 Å². The highest BCUT2D eigenvalue weighted by molar-refractivity contribution is 6.03. The number of aryl methyl sites for hydroxylation is 1. The molecule has 1 saturated heterocycles. The molecule has 4 rings (SSSR count). The van der Waals surface area contributed by atoms with Crippen LogP contribution in [0.15, 0.2) is 71.3 Å². The second-order valence-electron chi connectivity index (χ2n) is 7.77. The van der Waals surface area contributed by atoms with Crippen molar-refractivity contribution in [1.82, 2.24) is 4.90 Å². The highest BCUT2D eigenvalue weighted by Crippen LogP contribution is 2.19. The molecular weight excluding hydrogens is 408 g/mol. The molecule has 1 aliphatic heterocycles. The van der Waals surface area contributed by atoms with E-state index in [0.29, 0.717) is 24.4 Å². The number of hydrogen-bond acceptors (Lipinski definition) is 6. The summed E-state index contributed by atoms with van der Waals surface area (Å²) in [6.45, 7) is 5.00. The van der Waals surface area contributed by atoms with Crippen LogP contribution in [0.2, 0.25) is 0 Å². The summed E-state index contributed by atoms with van der Waals surface area (Å²) in [6, 6.07) is 18.6. The van der Waals surface area contributed by atoms with Gasteiger partial charge in [0.05, 0.1) is 18.4 Å².